The molecule has 0 radical (unpaired) electrons. The van der Waals surface area contributed by atoms with Crippen LogP contribution in [0.1, 0.15) is 10.4 Å². The number of nitrogens with one attached hydrogen (secondary N) is 1. The zero-order chi connectivity index (χ0) is 13.9. The maximum Gasteiger partial charge on any atom is 0.294 e. The predicted octanol–water partition coefficient (Wildman–Crippen LogP) is 1.58. The molecule has 0 aliphatic heterocycles. The lowest BCUT2D eigenvalue weighted by Gasteiger charge is -2.05. The Hall–Kier alpha value is -2.25. The Bertz CT molecular complexity index is 681. The molecular formula is C12H10N2O4S. The molecule has 1 amide bonds. The summed E-state index contributed by atoms with van der Waals surface area (Å²) in [7, 11) is -4.22. The van der Waals surface area contributed by atoms with E-state index in [1.165, 1.54) is 30.5 Å². The predicted molar refractivity (Wildman–Crippen MR) is 68.4 cm³/mol. The number of hydrogen-bond donors (Lipinski definition) is 2. The number of carbonyl (C=O) groups is 1. The quantitative estimate of drug-likeness (QED) is 0.831. The number of carbonyl (C=O) groups excluding carboxylic acids is 1. The number of nitrogens with zero attached hydrogens (tertiary/aromatic N) is 1. The summed E-state index contributed by atoms with van der Waals surface area (Å²) in [5.74, 6) is -0.354. The van der Waals surface area contributed by atoms with Gasteiger partial charge >= 0.3 is 0 Å². The van der Waals surface area contributed by atoms with E-state index in [0.29, 0.717) is 11.3 Å². The van der Waals surface area contributed by atoms with Gasteiger partial charge in [0.1, 0.15) is 0 Å². The van der Waals surface area contributed by atoms with Crippen molar-refractivity contribution in [1.82, 2.24) is 4.98 Å². The van der Waals surface area contributed by atoms with Crippen molar-refractivity contribution in [2.45, 2.75) is 4.90 Å². The Morgan fingerprint density at radius 1 is 1.16 bits per heavy atom. The van der Waals surface area contributed by atoms with Crippen LogP contribution < -0.4 is 5.32 Å². The van der Waals surface area contributed by atoms with E-state index < -0.39 is 10.1 Å². The standard InChI is InChI=1S/C12H10N2O4S/c15-12(9-2-1-7-13-8-9)14-10-3-5-11(6-4-10)19(16,17)18/h1-8H,(H,14,15)(H,16,17,18). The molecule has 0 saturated carbocycles. The van der Waals surface area contributed by atoms with Crippen LogP contribution in [0.4, 0.5) is 5.69 Å². The third-order valence-corrected chi connectivity index (χ3v) is 3.20. The maximum atomic E-state index is 11.8. The van der Waals surface area contributed by atoms with Crippen LogP contribution in [0.15, 0.2) is 53.7 Å². The normalized spacial score (nSPS) is 11.0. The smallest absolute Gasteiger partial charge is 0.294 e. The average molecular weight is 278 g/mol. The SMILES string of the molecule is O=C(Nc1ccc(S(=O)(=O)O)cc1)c1cccnc1. The van der Waals surface area contributed by atoms with Crippen molar-refractivity contribution in [2.75, 3.05) is 5.32 Å². The number of rotatable bonds is 3. The first-order valence-electron chi connectivity index (χ1n) is 5.26. The third-order valence-electron chi connectivity index (χ3n) is 2.33. The summed E-state index contributed by atoms with van der Waals surface area (Å²) in [5.41, 5.74) is 0.808. The van der Waals surface area contributed by atoms with Crippen LogP contribution in [-0.2, 0) is 10.1 Å². The van der Waals surface area contributed by atoms with Crippen molar-refractivity contribution < 1.29 is 17.8 Å². The number of anilines is 1. The Labute approximate surface area is 109 Å². The summed E-state index contributed by atoms with van der Waals surface area (Å²) in [6, 6.07) is 8.42. The Balaban J connectivity index is 2.15. The molecule has 1 heterocycles. The molecule has 0 atom stereocenters. The van der Waals surface area contributed by atoms with Crippen molar-refractivity contribution in [3.63, 3.8) is 0 Å². The summed E-state index contributed by atoms with van der Waals surface area (Å²) >= 11 is 0. The Kier molecular flexibility index (Phi) is 3.59. The van der Waals surface area contributed by atoms with Crippen molar-refractivity contribution in [3.8, 4) is 0 Å². The van der Waals surface area contributed by atoms with Gasteiger partial charge in [0, 0.05) is 18.1 Å². The average Bonchev–Trinajstić information content (AvgIpc) is 2.39. The maximum absolute atomic E-state index is 11.8. The molecule has 1 aromatic heterocycles. The van der Waals surface area contributed by atoms with Crippen LogP contribution in [0.2, 0.25) is 0 Å². The molecule has 2 rings (SSSR count). The summed E-state index contributed by atoms with van der Waals surface area (Å²) in [6.45, 7) is 0. The Morgan fingerprint density at radius 2 is 1.84 bits per heavy atom. The number of pyridine rings is 1. The summed E-state index contributed by atoms with van der Waals surface area (Å²) < 4.78 is 30.5. The summed E-state index contributed by atoms with van der Waals surface area (Å²) in [6.07, 6.45) is 2.97. The molecule has 0 fully saturated rings. The molecule has 19 heavy (non-hydrogen) atoms. The molecule has 0 bridgehead atoms. The van der Waals surface area contributed by atoms with Gasteiger partial charge in [-0.1, -0.05) is 0 Å². The highest BCUT2D eigenvalue weighted by Gasteiger charge is 2.10. The van der Waals surface area contributed by atoms with Crippen LogP contribution in [-0.4, -0.2) is 23.9 Å². The number of hydrogen-bond acceptors (Lipinski definition) is 4. The number of aromatic nitrogens is 1. The monoisotopic (exact) mass is 278 g/mol. The molecule has 2 N–H and O–H groups in total. The van der Waals surface area contributed by atoms with Crippen LogP contribution >= 0.6 is 0 Å². The van der Waals surface area contributed by atoms with E-state index in [1.54, 1.807) is 18.3 Å². The molecular weight excluding hydrogens is 268 g/mol. The molecule has 2 aromatic rings. The van der Waals surface area contributed by atoms with Crippen LogP contribution in [0.25, 0.3) is 0 Å². The van der Waals surface area contributed by atoms with E-state index in [2.05, 4.69) is 10.3 Å². The van der Waals surface area contributed by atoms with E-state index in [0.717, 1.165) is 0 Å². The van der Waals surface area contributed by atoms with Gasteiger partial charge < -0.3 is 5.32 Å². The first kappa shape index (κ1) is 13.2. The highest BCUT2D eigenvalue weighted by Crippen LogP contribution is 2.14. The lowest BCUT2D eigenvalue weighted by molar-refractivity contribution is 0.102. The van der Waals surface area contributed by atoms with E-state index in [9.17, 15) is 13.2 Å². The van der Waals surface area contributed by atoms with E-state index in [1.807, 2.05) is 0 Å². The first-order chi connectivity index (χ1) is 8.97. The fourth-order valence-corrected chi connectivity index (χ4v) is 1.89. The van der Waals surface area contributed by atoms with Crippen molar-refractivity contribution in [1.29, 1.82) is 0 Å². The van der Waals surface area contributed by atoms with Gasteiger partial charge in [0.25, 0.3) is 16.0 Å². The van der Waals surface area contributed by atoms with Gasteiger partial charge in [0.2, 0.25) is 0 Å². The molecule has 0 unspecified atom stereocenters. The first-order valence-corrected chi connectivity index (χ1v) is 6.70. The lowest BCUT2D eigenvalue weighted by atomic mass is 10.2. The van der Waals surface area contributed by atoms with Crippen molar-refractivity contribution in [2.24, 2.45) is 0 Å². The van der Waals surface area contributed by atoms with Crippen molar-refractivity contribution in [3.05, 3.63) is 54.4 Å². The fraction of sp³-hybridized carbons (Fsp3) is 0. The number of benzene rings is 1. The largest absolute Gasteiger partial charge is 0.322 e. The molecule has 7 heteroatoms. The minimum atomic E-state index is -4.22. The van der Waals surface area contributed by atoms with E-state index in [4.69, 9.17) is 4.55 Å². The second-order valence-corrected chi connectivity index (χ2v) is 5.12. The number of amides is 1. The highest BCUT2D eigenvalue weighted by atomic mass is 32.2. The summed E-state index contributed by atoms with van der Waals surface area (Å²) in [5, 5.41) is 2.58. The highest BCUT2D eigenvalue weighted by molar-refractivity contribution is 7.85. The van der Waals surface area contributed by atoms with Gasteiger partial charge in [-0.15, -0.1) is 0 Å². The Morgan fingerprint density at radius 3 is 2.37 bits per heavy atom. The molecule has 0 aliphatic rings. The molecule has 0 aliphatic carbocycles. The van der Waals surface area contributed by atoms with Crippen molar-refractivity contribution >= 4 is 21.7 Å². The molecule has 0 spiro atoms. The van der Waals surface area contributed by atoms with Gasteiger partial charge in [-0.25, -0.2) is 0 Å². The van der Waals surface area contributed by atoms with Crippen LogP contribution in [0, 0.1) is 0 Å². The fourth-order valence-electron chi connectivity index (χ4n) is 1.41. The molecule has 98 valence electrons. The van der Waals surface area contributed by atoms with E-state index >= 15 is 0 Å². The van der Waals surface area contributed by atoms with Gasteiger partial charge in [-0.3, -0.25) is 14.3 Å². The zero-order valence-electron chi connectivity index (χ0n) is 9.65. The van der Waals surface area contributed by atoms with Gasteiger partial charge in [-0.2, -0.15) is 8.42 Å². The van der Waals surface area contributed by atoms with Gasteiger partial charge in [0.15, 0.2) is 0 Å². The second kappa shape index (κ2) is 5.17. The van der Waals surface area contributed by atoms with Crippen LogP contribution in [0.3, 0.4) is 0 Å². The third kappa shape index (κ3) is 3.36. The van der Waals surface area contributed by atoms with Gasteiger partial charge in [-0.05, 0) is 36.4 Å². The molecule has 0 saturated heterocycles. The minimum absolute atomic E-state index is 0.230. The second-order valence-electron chi connectivity index (χ2n) is 3.70. The van der Waals surface area contributed by atoms with E-state index in [-0.39, 0.29) is 10.8 Å². The minimum Gasteiger partial charge on any atom is -0.322 e. The summed E-state index contributed by atoms with van der Waals surface area (Å²) in [4.78, 5) is 15.4. The lowest BCUT2D eigenvalue weighted by Crippen LogP contribution is -2.12. The molecule has 1 aromatic carbocycles. The molecule has 6 nitrogen and oxygen atoms in total. The topological polar surface area (TPSA) is 96.4 Å². The van der Waals surface area contributed by atoms with Gasteiger partial charge in [0.05, 0.1) is 10.5 Å². The zero-order valence-corrected chi connectivity index (χ0v) is 10.5. The van der Waals surface area contributed by atoms with Crippen LogP contribution in [0.5, 0.6) is 0 Å².